The van der Waals surface area contributed by atoms with Gasteiger partial charge in [0.25, 0.3) is 0 Å². The van der Waals surface area contributed by atoms with E-state index in [9.17, 15) is 15.2 Å². The number of ether oxygens (including phenoxy) is 2. The maximum Gasteiger partial charge on any atom is 0.320 e. The Morgan fingerprint density at radius 3 is 2.55 bits per heavy atom. The lowest BCUT2D eigenvalue weighted by atomic mass is 9.93. The normalized spacial score (nSPS) is 17.2. The van der Waals surface area contributed by atoms with E-state index in [2.05, 4.69) is 55.0 Å². The highest BCUT2D eigenvalue weighted by Crippen LogP contribution is 2.38. The second-order valence-corrected chi connectivity index (χ2v) is 14.7. The number of aromatic nitrogens is 2. The Bertz CT molecular complexity index is 2170. The Hall–Kier alpha value is -4.95. The topological polar surface area (TPSA) is 125 Å². The number of aliphatic carboxylic acids is 1. The van der Waals surface area contributed by atoms with E-state index >= 15 is 0 Å². The van der Waals surface area contributed by atoms with Crippen molar-refractivity contribution in [3.8, 4) is 28.7 Å². The van der Waals surface area contributed by atoms with Crippen LogP contribution in [0.1, 0.15) is 77.3 Å². The molecule has 0 unspecified atom stereocenters. The van der Waals surface area contributed by atoms with E-state index in [0.29, 0.717) is 47.5 Å². The quantitative estimate of drug-likeness (QED) is 0.141. The number of fused-ring (bicyclic) bond motifs is 1. The molecule has 0 spiro atoms. The summed E-state index contributed by atoms with van der Waals surface area (Å²) in [5, 5.41) is 19.7. The van der Waals surface area contributed by atoms with E-state index in [1.807, 2.05) is 23.1 Å². The Morgan fingerprint density at radius 1 is 0.962 bits per heavy atom. The zero-order chi connectivity index (χ0) is 37.1. The molecule has 1 N–H and O–H groups in total. The van der Waals surface area contributed by atoms with Crippen molar-refractivity contribution in [2.24, 2.45) is 0 Å². The van der Waals surface area contributed by atoms with Gasteiger partial charge in [-0.05, 0) is 112 Å². The second kappa shape index (κ2) is 16.0. The maximum absolute atomic E-state index is 12.1. The fourth-order valence-corrected chi connectivity index (χ4v) is 7.80. The number of hydrogen-bond acceptors (Lipinski definition) is 9. The molecule has 0 radical (unpaired) electrons. The first-order valence-corrected chi connectivity index (χ1v) is 18.6. The Labute approximate surface area is 314 Å². The van der Waals surface area contributed by atoms with Gasteiger partial charge in [-0.2, -0.15) is 5.26 Å². The number of nitriles is 1. The molecule has 0 saturated carbocycles. The first-order chi connectivity index (χ1) is 25.7. The van der Waals surface area contributed by atoms with Crippen LogP contribution in [0.4, 0.5) is 0 Å². The van der Waals surface area contributed by atoms with Gasteiger partial charge < -0.3 is 23.9 Å². The third kappa shape index (κ3) is 8.03. The van der Waals surface area contributed by atoms with Crippen LogP contribution >= 0.6 is 11.6 Å². The molecular formula is C42H44ClN5O5. The molecule has 1 atom stereocenters. The summed E-state index contributed by atoms with van der Waals surface area (Å²) in [7, 11) is 2.16. The predicted molar refractivity (Wildman–Crippen MR) is 203 cm³/mol. The molecule has 2 aliphatic rings. The van der Waals surface area contributed by atoms with Crippen molar-refractivity contribution in [1.29, 1.82) is 5.26 Å². The summed E-state index contributed by atoms with van der Waals surface area (Å²) in [6.07, 6.45) is 7.65. The smallest absolute Gasteiger partial charge is 0.320 e. The van der Waals surface area contributed by atoms with Gasteiger partial charge in [-0.15, -0.1) is 0 Å². The number of halogens is 1. The molecule has 2 aromatic heterocycles. The summed E-state index contributed by atoms with van der Waals surface area (Å²) in [5.41, 5.74) is 9.05. The van der Waals surface area contributed by atoms with Gasteiger partial charge in [0.05, 0.1) is 10.6 Å². The molecule has 5 aromatic rings. The fraction of sp³-hybridized carbons (Fsp3) is 0.381. The van der Waals surface area contributed by atoms with Crippen LogP contribution in [-0.4, -0.2) is 63.6 Å². The largest absolute Gasteiger partial charge is 0.488 e. The zero-order valence-electron chi connectivity index (χ0n) is 30.4. The molecular weight excluding hydrogens is 690 g/mol. The molecule has 10 nitrogen and oxygen atoms in total. The number of rotatable bonds is 11. The monoisotopic (exact) mass is 733 g/mol. The Kier molecular flexibility index (Phi) is 11.0. The van der Waals surface area contributed by atoms with E-state index in [-0.39, 0.29) is 13.2 Å². The summed E-state index contributed by atoms with van der Waals surface area (Å²) in [6.45, 7) is 7.76. The van der Waals surface area contributed by atoms with Crippen LogP contribution in [0.3, 0.4) is 0 Å². The molecule has 0 amide bonds. The SMILES string of the molecule is Cc1c(COc2cc(OCc3cncc(C#N)c3)c(CN3CCCC[C@H]3C(=O)O)cc2Cl)cccc1-c1ccc2oc(C3CCN(C)CC3)nc2c1C. The maximum atomic E-state index is 12.1. The number of pyridine rings is 1. The molecule has 11 heteroatoms. The number of oxazole rings is 1. The average Bonchev–Trinajstić information content (AvgIpc) is 3.61. The van der Waals surface area contributed by atoms with Crippen molar-refractivity contribution in [1.82, 2.24) is 19.8 Å². The summed E-state index contributed by atoms with van der Waals surface area (Å²) >= 11 is 6.87. The van der Waals surface area contributed by atoms with E-state index in [1.54, 1.807) is 18.3 Å². The number of benzene rings is 3. The third-order valence-corrected chi connectivity index (χ3v) is 11.0. The highest BCUT2D eigenvalue weighted by molar-refractivity contribution is 6.32. The molecule has 2 aliphatic heterocycles. The highest BCUT2D eigenvalue weighted by Gasteiger charge is 2.30. The van der Waals surface area contributed by atoms with Crippen LogP contribution in [0.25, 0.3) is 22.2 Å². The number of carbonyl (C=O) groups is 1. The third-order valence-electron chi connectivity index (χ3n) is 10.7. The van der Waals surface area contributed by atoms with Crippen molar-refractivity contribution >= 4 is 28.7 Å². The number of carboxylic acid groups (broad SMARTS) is 1. The molecule has 0 bridgehead atoms. The molecule has 3 aromatic carbocycles. The Balaban J connectivity index is 1.13. The van der Waals surface area contributed by atoms with Crippen LogP contribution in [0.2, 0.25) is 5.02 Å². The van der Waals surface area contributed by atoms with Gasteiger partial charge in [0.1, 0.15) is 42.3 Å². The van der Waals surface area contributed by atoms with Gasteiger partial charge in [0.2, 0.25) is 0 Å². The number of aryl methyl sites for hydroxylation is 1. The summed E-state index contributed by atoms with van der Waals surface area (Å²) in [6, 6.07) is 17.2. The molecule has 274 valence electrons. The van der Waals surface area contributed by atoms with E-state index < -0.39 is 12.0 Å². The number of piperidine rings is 2. The number of carboxylic acids is 1. The lowest BCUT2D eigenvalue weighted by Gasteiger charge is -2.33. The van der Waals surface area contributed by atoms with E-state index in [4.69, 9.17) is 30.5 Å². The van der Waals surface area contributed by atoms with Crippen molar-refractivity contribution in [2.45, 2.75) is 77.7 Å². The van der Waals surface area contributed by atoms with Crippen LogP contribution in [0, 0.1) is 25.2 Å². The average molecular weight is 734 g/mol. The van der Waals surface area contributed by atoms with Gasteiger partial charge in [0, 0.05) is 42.0 Å². The first-order valence-electron chi connectivity index (χ1n) is 18.2. The van der Waals surface area contributed by atoms with Crippen molar-refractivity contribution in [2.75, 3.05) is 26.7 Å². The predicted octanol–water partition coefficient (Wildman–Crippen LogP) is 8.44. The number of hydrogen-bond donors (Lipinski definition) is 1. The molecule has 2 fully saturated rings. The standard InChI is InChI=1S/C42H44ClN5O5/c1-26-31(7-6-8-33(26)34-10-11-37-40(27(34)2)46-41(53-37)30-12-15-47(3)16-13-30)25-52-39-19-38(51-24-29-17-28(20-44)21-45-22-29)32(18-35(39)43)23-48-14-5-4-9-36(48)42(49)50/h6-8,10-11,17-19,21-22,30,36H,4-5,9,12-16,23-25H2,1-3H3,(H,49,50)/t36-/m0/s1. The summed E-state index contributed by atoms with van der Waals surface area (Å²) in [4.78, 5) is 25.6. The second-order valence-electron chi connectivity index (χ2n) is 14.3. The van der Waals surface area contributed by atoms with Gasteiger partial charge >= 0.3 is 5.97 Å². The van der Waals surface area contributed by atoms with Crippen LogP contribution in [-0.2, 0) is 24.6 Å². The molecule has 4 heterocycles. The highest BCUT2D eigenvalue weighted by atomic mass is 35.5. The summed E-state index contributed by atoms with van der Waals surface area (Å²) in [5.74, 6) is 1.33. The van der Waals surface area contributed by atoms with Gasteiger partial charge in [-0.3, -0.25) is 14.7 Å². The van der Waals surface area contributed by atoms with E-state index in [0.717, 1.165) is 94.7 Å². The van der Waals surface area contributed by atoms with Crippen LogP contribution < -0.4 is 9.47 Å². The number of likely N-dealkylation sites (tertiary alicyclic amines) is 2. The van der Waals surface area contributed by atoms with Crippen molar-refractivity contribution in [3.05, 3.63) is 105 Å². The molecule has 2 saturated heterocycles. The minimum absolute atomic E-state index is 0.162. The van der Waals surface area contributed by atoms with Gasteiger partial charge in [0.15, 0.2) is 11.5 Å². The van der Waals surface area contributed by atoms with E-state index in [1.165, 1.54) is 6.20 Å². The molecule has 0 aliphatic carbocycles. The lowest BCUT2D eigenvalue weighted by molar-refractivity contribution is -0.144. The Morgan fingerprint density at radius 2 is 1.75 bits per heavy atom. The van der Waals surface area contributed by atoms with Gasteiger partial charge in [-0.1, -0.05) is 42.3 Å². The zero-order valence-corrected chi connectivity index (χ0v) is 31.2. The molecule has 53 heavy (non-hydrogen) atoms. The van der Waals surface area contributed by atoms with Crippen LogP contribution in [0.5, 0.6) is 11.5 Å². The molecule has 7 rings (SSSR count). The van der Waals surface area contributed by atoms with Crippen molar-refractivity contribution < 1.29 is 23.8 Å². The van der Waals surface area contributed by atoms with Crippen LogP contribution in [0.15, 0.2) is 65.3 Å². The lowest BCUT2D eigenvalue weighted by Crippen LogP contribution is -2.44. The minimum Gasteiger partial charge on any atom is -0.488 e. The fourth-order valence-electron chi connectivity index (χ4n) is 7.56. The summed E-state index contributed by atoms with van der Waals surface area (Å²) < 4.78 is 19.0. The first kappa shape index (κ1) is 36.4. The van der Waals surface area contributed by atoms with Gasteiger partial charge in [-0.25, -0.2) is 4.98 Å². The van der Waals surface area contributed by atoms with Crippen molar-refractivity contribution in [3.63, 3.8) is 0 Å². The minimum atomic E-state index is -0.830. The number of nitrogens with zero attached hydrogens (tertiary/aromatic N) is 5.